The minimum Gasteiger partial charge on any atom is -0.491 e. The molecule has 0 amide bonds. The van der Waals surface area contributed by atoms with Gasteiger partial charge in [-0.1, -0.05) is 31.0 Å². The van der Waals surface area contributed by atoms with Gasteiger partial charge in [0.25, 0.3) is 0 Å². The highest BCUT2D eigenvalue weighted by molar-refractivity contribution is 5.26. The Balaban J connectivity index is 1.96. The Morgan fingerprint density at radius 2 is 1.86 bits per heavy atom. The van der Waals surface area contributed by atoms with Gasteiger partial charge in [0.2, 0.25) is 0 Å². The molecule has 4 nitrogen and oxygen atoms in total. The molecule has 120 valence electrons. The highest BCUT2D eigenvalue weighted by Gasteiger charge is 2.04. The monoisotopic (exact) mass is 295 g/mol. The van der Waals surface area contributed by atoms with Gasteiger partial charge in [-0.2, -0.15) is 0 Å². The van der Waals surface area contributed by atoms with Crippen LogP contribution in [0.15, 0.2) is 24.3 Å². The molecule has 0 aliphatic carbocycles. The smallest absolute Gasteiger partial charge is 0.119 e. The van der Waals surface area contributed by atoms with Crippen LogP contribution in [-0.2, 0) is 4.74 Å². The van der Waals surface area contributed by atoms with Crippen LogP contribution in [0.1, 0.15) is 31.7 Å². The summed E-state index contributed by atoms with van der Waals surface area (Å²) >= 11 is 0. The minimum atomic E-state index is -0.493. The van der Waals surface area contributed by atoms with Gasteiger partial charge in [0.15, 0.2) is 0 Å². The SMILES string of the molecule is CCCCOCCCNCC(O)COc1ccc(C)cc1. The van der Waals surface area contributed by atoms with Crippen molar-refractivity contribution in [1.29, 1.82) is 0 Å². The highest BCUT2D eigenvalue weighted by atomic mass is 16.5. The Morgan fingerprint density at radius 1 is 1.14 bits per heavy atom. The van der Waals surface area contributed by atoms with E-state index in [-0.39, 0.29) is 0 Å². The summed E-state index contributed by atoms with van der Waals surface area (Å²) in [7, 11) is 0. The van der Waals surface area contributed by atoms with Crippen LogP contribution in [0, 0.1) is 6.92 Å². The van der Waals surface area contributed by atoms with Crippen LogP contribution in [0.2, 0.25) is 0 Å². The normalized spacial score (nSPS) is 12.3. The first kappa shape index (κ1) is 18.0. The first-order valence-corrected chi connectivity index (χ1v) is 7.88. The predicted molar refractivity (Wildman–Crippen MR) is 85.9 cm³/mol. The maximum atomic E-state index is 9.82. The van der Waals surface area contributed by atoms with Crippen LogP contribution < -0.4 is 10.1 Å². The van der Waals surface area contributed by atoms with E-state index in [1.165, 1.54) is 12.0 Å². The molecule has 0 aliphatic heterocycles. The Labute approximate surface area is 128 Å². The van der Waals surface area contributed by atoms with Gasteiger partial charge in [-0.15, -0.1) is 0 Å². The maximum Gasteiger partial charge on any atom is 0.119 e. The zero-order chi connectivity index (χ0) is 15.3. The van der Waals surface area contributed by atoms with Crippen molar-refractivity contribution in [2.45, 2.75) is 39.2 Å². The zero-order valence-electron chi connectivity index (χ0n) is 13.3. The quantitative estimate of drug-likeness (QED) is 0.582. The molecule has 1 atom stereocenters. The van der Waals surface area contributed by atoms with Gasteiger partial charge in [-0.05, 0) is 38.4 Å². The summed E-state index contributed by atoms with van der Waals surface area (Å²) in [6.45, 7) is 7.53. The van der Waals surface area contributed by atoms with Crippen molar-refractivity contribution in [3.63, 3.8) is 0 Å². The number of unbranched alkanes of at least 4 members (excludes halogenated alkanes) is 1. The van der Waals surface area contributed by atoms with E-state index in [0.29, 0.717) is 13.2 Å². The Kier molecular flexibility index (Phi) is 9.87. The second-order valence-corrected chi connectivity index (χ2v) is 5.30. The molecule has 0 spiro atoms. The van der Waals surface area contributed by atoms with E-state index in [1.807, 2.05) is 31.2 Å². The average Bonchev–Trinajstić information content (AvgIpc) is 2.49. The van der Waals surface area contributed by atoms with E-state index in [1.54, 1.807) is 0 Å². The van der Waals surface area contributed by atoms with Crippen LogP contribution in [-0.4, -0.2) is 44.1 Å². The molecule has 21 heavy (non-hydrogen) atoms. The number of aryl methyl sites for hydroxylation is 1. The molecule has 0 heterocycles. The molecular weight excluding hydrogens is 266 g/mol. The molecule has 0 aromatic heterocycles. The van der Waals surface area contributed by atoms with Crippen LogP contribution in [0.5, 0.6) is 5.75 Å². The van der Waals surface area contributed by atoms with Gasteiger partial charge >= 0.3 is 0 Å². The van der Waals surface area contributed by atoms with Gasteiger partial charge < -0.3 is 19.9 Å². The summed E-state index contributed by atoms with van der Waals surface area (Å²) in [4.78, 5) is 0. The van der Waals surface area contributed by atoms with Crippen LogP contribution in [0.4, 0.5) is 0 Å². The molecule has 0 saturated heterocycles. The number of hydrogen-bond donors (Lipinski definition) is 2. The fourth-order valence-corrected chi connectivity index (χ4v) is 1.80. The molecule has 1 aromatic rings. The lowest BCUT2D eigenvalue weighted by molar-refractivity contribution is 0.103. The predicted octanol–water partition coefficient (Wildman–Crippen LogP) is 2.53. The minimum absolute atomic E-state index is 0.309. The molecule has 0 radical (unpaired) electrons. The van der Waals surface area contributed by atoms with Gasteiger partial charge in [-0.25, -0.2) is 0 Å². The van der Waals surface area contributed by atoms with Crippen molar-refractivity contribution in [2.24, 2.45) is 0 Å². The molecule has 4 heteroatoms. The van der Waals surface area contributed by atoms with Crippen molar-refractivity contribution in [3.05, 3.63) is 29.8 Å². The van der Waals surface area contributed by atoms with Gasteiger partial charge in [0, 0.05) is 19.8 Å². The standard InChI is InChI=1S/C17H29NO3/c1-3-4-11-20-12-5-10-18-13-16(19)14-21-17-8-6-15(2)7-9-17/h6-9,16,18-19H,3-5,10-14H2,1-2H3. The van der Waals surface area contributed by atoms with Crippen molar-refractivity contribution in [1.82, 2.24) is 5.32 Å². The van der Waals surface area contributed by atoms with Crippen LogP contribution in [0.3, 0.4) is 0 Å². The number of aliphatic hydroxyl groups excluding tert-OH is 1. The van der Waals surface area contributed by atoms with E-state index in [4.69, 9.17) is 9.47 Å². The Morgan fingerprint density at radius 3 is 2.57 bits per heavy atom. The van der Waals surface area contributed by atoms with Crippen molar-refractivity contribution in [3.8, 4) is 5.75 Å². The van der Waals surface area contributed by atoms with Crippen molar-refractivity contribution < 1.29 is 14.6 Å². The molecule has 0 aliphatic rings. The number of aliphatic hydroxyl groups is 1. The number of benzene rings is 1. The summed E-state index contributed by atoms with van der Waals surface area (Å²) in [6.07, 6.45) is 2.77. The number of rotatable bonds is 12. The van der Waals surface area contributed by atoms with E-state index >= 15 is 0 Å². The van der Waals surface area contributed by atoms with Crippen molar-refractivity contribution >= 4 is 0 Å². The Bertz CT molecular complexity index is 354. The van der Waals surface area contributed by atoms with E-state index in [0.717, 1.165) is 38.3 Å². The van der Waals surface area contributed by atoms with E-state index in [2.05, 4.69) is 12.2 Å². The van der Waals surface area contributed by atoms with Crippen molar-refractivity contribution in [2.75, 3.05) is 32.9 Å². The summed E-state index contributed by atoms with van der Waals surface area (Å²) in [5.41, 5.74) is 1.20. The third-order valence-corrected chi connectivity index (χ3v) is 3.13. The first-order valence-electron chi connectivity index (χ1n) is 7.88. The Hall–Kier alpha value is -1.10. The summed E-state index contributed by atoms with van der Waals surface area (Å²) in [6, 6.07) is 7.84. The summed E-state index contributed by atoms with van der Waals surface area (Å²) < 4.78 is 11.0. The van der Waals surface area contributed by atoms with Crippen LogP contribution >= 0.6 is 0 Å². The molecule has 0 bridgehead atoms. The third-order valence-electron chi connectivity index (χ3n) is 3.13. The molecule has 1 aromatic carbocycles. The summed E-state index contributed by atoms with van der Waals surface area (Å²) in [5, 5.41) is 13.0. The fourth-order valence-electron chi connectivity index (χ4n) is 1.80. The van der Waals surface area contributed by atoms with E-state index in [9.17, 15) is 5.11 Å². The van der Waals surface area contributed by atoms with Gasteiger partial charge in [0.1, 0.15) is 18.5 Å². The maximum absolute atomic E-state index is 9.82. The second kappa shape index (κ2) is 11.5. The van der Waals surface area contributed by atoms with E-state index < -0.39 is 6.10 Å². The summed E-state index contributed by atoms with van der Waals surface area (Å²) in [5.74, 6) is 0.795. The lowest BCUT2D eigenvalue weighted by Crippen LogP contribution is -2.32. The highest BCUT2D eigenvalue weighted by Crippen LogP contribution is 2.11. The average molecular weight is 295 g/mol. The molecule has 0 fully saturated rings. The van der Waals surface area contributed by atoms with Crippen LogP contribution in [0.25, 0.3) is 0 Å². The third kappa shape index (κ3) is 9.45. The number of ether oxygens (including phenoxy) is 2. The molecule has 1 rings (SSSR count). The number of hydrogen-bond acceptors (Lipinski definition) is 4. The second-order valence-electron chi connectivity index (χ2n) is 5.30. The topological polar surface area (TPSA) is 50.7 Å². The fraction of sp³-hybridized carbons (Fsp3) is 0.647. The van der Waals surface area contributed by atoms with Gasteiger partial charge in [-0.3, -0.25) is 0 Å². The molecule has 2 N–H and O–H groups in total. The first-order chi connectivity index (χ1) is 10.2. The molecular formula is C17H29NO3. The largest absolute Gasteiger partial charge is 0.491 e. The lowest BCUT2D eigenvalue weighted by Gasteiger charge is -2.13. The molecule has 0 saturated carbocycles. The zero-order valence-corrected chi connectivity index (χ0v) is 13.3. The van der Waals surface area contributed by atoms with Gasteiger partial charge in [0.05, 0.1) is 0 Å². The molecule has 1 unspecified atom stereocenters. The lowest BCUT2D eigenvalue weighted by atomic mass is 10.2. The number of nitrogens with one attached hydrogen (secondary N) is 1.